The summed E-state index contributed by atoms with van der Waals surface area (Å²) in [5.41, 5.74) is 2.72. The van der Waals surface area contributed by atoms with Gasteiger partial charge in [0, 0.05) is 15.8 Å². The summed E-state index contributed by atoms with van der Waals surface area (Å²) in [4.78, 5) is 2.74. The van der Waals surface area contributed by atoms with E-state index in [0.717, 1.165) is 6.42 Å². The van der Waals surface area contributed by atoms with E-state index in [4.69, 9.17) is 0 Å². The average molecular weight is 245 g/mol. The van der Waals surface area contributed by atoms with E-state index in [1.165, 1.54) is 20.9 Å². The highest BCUT2D eigenvalue weighted by Crippen LogP contribution is 2.31. The third-order valence-electron chi connectivity index (χ3n) is 3.13. The van der Waals surface area contributed by atoms with Crippen LogP contribution in [0.15, 0.2) is 36.4 Å². The van der Waals surface area contributed by atoms with Gasteiger partial charge in [-0.05, 0) is 43.7 Å². The maximum Gasteiger partial charge on any atom is 0.0383 e. The molecule has 0 aliphatic rings. The molecule has 0 bridgehead atoms. The monoisotopic (exact) mass is 245 g/mol. The van der Waals surface area contributed by atoms with Gasteiger partial charge in [-0.25, -0.2) is 0 Å². The average Bonchev–Trinajstić information content (AvgIpc) is 2.87. The van der Waals surface area contributed by atoms with E-state index >= 15 is 0 Å². The number of benzene rings is 1. The van der Waals surface area contributed by atoms with Gasteiger partial charge in [-0.3, -0.25) is 0 Å². The number of rotatable bonds is 4. The van der Waals surface area contributed by atoms with Gasteiger partial charge < -0.3 is 5.32 Å². The lowest BCUT2D eigenvalue weighted by Crippen LogP contribution is -2.10. The molecule has 1 heterocycles. The van der Waals surface area contributed by atoms with Gasteiger partial charge in [0.25, 0.3) is 0 Å². The molecule has 0 saturated heterocycles. The second-order valence-corrected chi connectivity index (χ2v) is 5.38. The summed E-state index contributed by atoms with van der Waals surface area (Å²) >= 11 is 1.87. The zero-order valence-electron chi connectivity index (χ0n) is 10.7. The zero-order chi connectivity index (χ0) is 12.3. The lowest BCUT2D eigenvalue weighted by Gasteiger charge is -2.06. The lowest BCUT2D eigenvalue weighted by molar-refractivity contribution is 0.664. The minimum Gasteiger partial charge on any atom is -0.313 e. The molecule has 1 aromatic carbocycles. The molecule has 0 radical (unpaired) electrons. The number of aryl methyl sites for hydroxylation is 1. The van der Waals surface area contributed by atoms with Gasteiger partial charge in [-0.15, -0.1) is 11.3 Å². The predicted molar refractivity (Wildman–Crippen MR) is 76.6 cm³/mol. The summed E-state index contributed by atoms with van der Waals surface area (Å²) in [5.74, 6) is 0. The van der Waals surface area contributed by atoms with Crippen molar-refractivity contribution in [1.29, 1.82) is 0 Å². The van der Waals surface area contributed by atoms with Crippen LogP contribution in [0, 0.1) is 0 Å². The molecule has 17 heavy (non-hydrogen) atoms. The molecule has 90 valence electrons. The quantitative estimate of drug-likeness (QED) is 0.848. The third kappa shape index (κ3) is 2.76. The molecule has 1 nitrogen and oxygen atoms in total. The van der Waals surface area contributed by atoms with E-state index in [1.807, 2.05) is 18.4 Å². The van der Waals surface area contributed by atoms with Crippen LogP contribution in [0.1, 0.15) is 30.3 Å². The summed E-state index contributed by atoms with van der Waals surface area (Å²) in [5, 5.41) is 3.27. The van der Waals surface area contributed by atoms with Crippen molar-refractivity contribution in [3.8, 4) is 10.4 Å². The van der Waals surface area contributed by atoms with Gasteiger partial charge in [0.2, 0.25) is 0 Å². The molecular formula is C15H19NS. The maximum absolute atomic E-state index is 3.27. The van der Waals surface area contributed by atoms with Crippen molar-refractivity contribution in [2.45, 2.75) is 26.3 Å². The smallest absolute Gasteiger partial charge is 0.0383 e. The van der Waals surface area contributed by atoms with Crippen molar-refractivity contribution in [2.24, 2.45) is 0 Å². The van der Waals surface area contributed by atoms with E-state index in [0.29, 0.717) is 6.04 Å². The topological polar surface area (TPSA) is 12.0 Å². The predicted octanol–water partition coefficient (Wildman–Crippen LogP) is 4.26. The Bertz CT molecular complexity index is 470. The van der Waals surface area contributed by atoms with Gasteiger partial charge in [-0.2, -0.15) is 0 Å². The molecule has 0 aliphatic carbocycles. The van der Waals surface area contributed by atoms with E-state index in [9.17, 15) is 0 Å². The maximum atomic E-state index is 3.27. The summed E-state index contributed by atoms with van der Waals surface area (Å²) < 4.78 is 0. The number of hydrogen-bond acceptors (Lipinski definition) is 2. The number of nitrogens with one attached hydrogen (secondary N) is 1. The van der Waals surface area contributed by atoms with Crippen LogP contribution in [0.3, 0.4) is 0 Å². The molecule has 2 aromatic rings. The summed E-state index contributed by atoms with van der Waals surface area (Å²) in [6.07, 6.45) is 1.10. The largest absolute Gasteiger partial charge is 0.313 e. The molecule has 0 aliphatic heterocycles. The second kappa shape index (κ2) is 5.48. The first-order valence-electron chi connectivity index (χ1n) is 6.11. The Kier molecular flexibility index (Phi) is 3.97. The normalized spacial score (nSPS) is 12.6. The first-order valence-corrected chi connectivity index (χ1v) is 6.92. The Hall–Kier alpha value is -1.12. The Labute approximate surface area is 108 Å². The fourth-order valence-corrected chi connectivity index (χ4v) is 2.86. The first-order chi connectivity index (χ1) is 8.24. The molecule has 0 amide bonds. The molecule has 2 rings (SSSR count). The van der Waals surface area contributed by atoms with Gasteiger partial charge in [0.15, 0.2) is 0 Å². The van der Waals surface area contributed by atoms with Gasteiger partial charge in [-0.1, -0.05) is 31.2 Å². The van der Waals surface area contributed by atoms with E-state index in [-0.39, 0.29) is 0 Å². The van der Waals surface area contributed by atoms with Crippen LogP contribution >= 0.6 is 11.3 Å². The van der Waals surface area contributed by atoms with Crippen molar-refractivity contribution in [3.05, 3.63) is 46.8 Å². The SMILES string of the molecule is CCc1ccc(-c2ccc(C(C)NC)s2)cc1. The molecule has 1 unspecified atom stereocenters. The van der Waals surface area contributed by atoms with Crippen LogP contribution in [-0.4, -0.2) is 7.05 Å². The van der Waals surface area contributed by atoms with Crippen LogP contribution < -0.4 is 5.32 Å². The Morgan fingerprint density at radius 1 is 1.12 bits per heavy atom. The van der Waals surface area contributed by atoms with E-state index in [1.54, 1.807) is 0 Å². The summed E-state index contributed by atoms with van der Waals surface area (Å²) in [6.45, 7) is 4.38. The van der Waals surface area contributed by atoms with Crippen LogP contribution in [0.2, 0.25) is 0 Å². The molecule has 2 heteroatoms. The van der Waals surface area contributed by atoms with Gasteiger partial charge in [0.05, 0.1) is 0 Å². The van der Waals surface area contributed by atoms with Crippen molar-refractivity contribution in [1.82, 2.24) is 5.32 Å². The van der Waals surface area contributed by atoms with Crippen LogP contribution in [-0.2, 0) is 6.42 Å². The van der Waals surface area contributed by atoms with Crippen molar-refractivity contribution in [3.63, 3.8) is 0 Å². The van der Waals surface area contributed by atoms with Crippen LogP contribution in [0.4, 0.5) is 0 Å². The van der Waals surface area contributed by atoms with Gasteiger partial charge in [0.1, 0.15) is 0 Å². The number of hydrogen-bond donors (Lipinski definition) is 1. The molecule has 1 aromatic heterocycles. The Balaban J connectivity index is 2.24. The molecular weight excluding hydrogens is 226 g/mol. The highest BCUT2D eigenvalue weighted by atomic mass is 32.1. The van der Waals surface area contributed by atoms with Crippen molar-refractivity contribution < 1.29 is 0 Å². The second-order valence-electron chi connectivity index (χ2n) is 4.26. The molecule has 0 saturated carbocycles. The highest BCUT2D eigenvalue weighted by molar-refractivity contribution is 7.15. The van der Waals surface area contributed by atoms with Crippen molar-refractivity contribution in [2.75, 3.05) is 7.05 Å². The fraction of sp³-hybridized carbons (Fsp3) is 0.333. The lowest BCUT2D eigenvalue weighted by atomic mass is 10.1. The first kappa shape index (κ1) is 12.3. The van der Waals surface area contributed by atoms with E-state index < -0.39 is 0 Å². The third-order valence-corrected chi connectivity index (χ3v) is 4.45. The fourth-order valence-electron chi connectivity index (χ4n) is 1.79. The van der Waals surface area contributed by atoms with Crippen LogP contribution in [0.25, 0.3) is 10.4 Å². The van der Waals surface area contributed by atoms with Crippen molar-refractivity contribution >= 4 is 11.3 Å². The summed E-state index contributed by atoms with van der Waals surface area (Å²) in [7, 11) is 2.00. The molecule has 1 atom stereocenters. The van der Waals surface area contributed by atoms with E-state index in [2.05, 4.69) is 55.6 Å². The Morgan fingerprint density at radius 2 is 1.82 bits per heavy atom. The number of thiophene rings is 1. The minimum absolute atomic E-state index is 0.434. The van der Waals surface area contributed by atoms with Gasteiger partial charge >= 0.3 is 0 Å². The molecule has 0 fully saturated rings. The molecule has 1 N–H and O–H groups in total. The summed E-state index contributed by atoms with van der Waals surface area (Å²) in [6, 6.07) is 13.7. The zero-order valence-corrected chi connectivity index (χ0v) is 11.5. The molecule has 0 spiro atoms. The Morgan fingerprint density at radius 3 is 2.41 bits per heavy atom. The minimum atomic E-state index is 0.434. The van der Waals surface area contributed by atoms with Crippen LogP contribution in [0.5, 0.6) is 0 Å². The standard InChI is InChI=1S/C15H19NS/c1-4-12-5-7-13(8-6-12)15-10-9-14(17-15)11(2)16-3/h5-11,16H,4H2,1-3H3. The highest BCUT2D eigenvalue weighted by Gasteiger charge is 2.07.